The number of carbonyl (C=O) groups is 1. The first kappa shape index (κ1) is 21.0. The number of hydrogen-bond acceptors (Lipinski definition) is 7. The molecule has 8 nitrogen and oxygen atoms in total. The zero-order valence-corrected chi connectivity index (χ0v) is 15.6. The molecule has 0 N–H and O–H groups in total. The second kappa shape index (κ2) is 7.93. The van der Waals surface area contributed by atoms with Crippen molar-refractivity contribution in [2.45, 2.75) is 26.1 Å². The lowest BCUT2D eigenvalue weighted by Gasteiger charge is -2.11. The molecule has 0 fully saturated rings. The molecule has 0 saturated heterocycles. The highest BCUT2D eigenvalue weighted by Crippen LogP contribution is 2.32. The highest BCUT2D eigenvalue weighted by molar-refractivity contribution is 5.95. The second-order valence-electron chi connectivity index (χ2n) is 6.31. The average Bonchev–Trinajstić information content (AvgIpc) is 3.17. The first-order valence-electron chi connectivity index (χ1n) is 8.54. The molecule has 0 spiro atoms. The summed E-state index contributed by atoms with van der Waals surface area (Å²) in [6.45, 7) is 2.91. The van der Waals surface area contributed by atoms with E-state index in [0.717, 1.165) is 12.1 Å². The zero-order valence-electron chi connectivity index (χ0n) is 15.6. The summed E-state index contributed by atoms with van der Waals surface area (Å²) >= 11 is 0. The van der Waals surface area contributed by atoms with Crippen LogP contribution in [-0.4, -0.2) is 21.0 Å². The maximum Gasteiger partial charge on any atom is 0.416 e. The SMILES string of the molecule is Cc1cccc([N+](=O)[O-])c1C(=O)OC(C)c1nc(-c2cccc(C(F)(F)F)c2)no1. The minimum atomic E-state index is -4.53. The summed E-state index contributed by atoms with van der Waals surface area (Å²) in [6, 6.07) is 8.48. The van der Waals surface area contributed by atoms with Gasteiger partial charge in [-0.2, -0.15) is 18.2 Å². The van der Waals surface area contributed by atoms with Crippen LogP contribution in [0.2, 0.25) is 0 Å². The van der Waals surface area contributed by atoms with Gasteiger partial charge in [-0.05, 0) is 31.5 Å². The van der Waals surface area contributed by atoms with E-state index in [-0.39, 0.29) is 22.8 Å². The Bertz CT molecular complexity index is 1110. The van der Waals surface area contributed by atoms with Crippen LogP contribution >= 0.6 is 0 Å². The van der Waals surface area contributed by atoms with Crippen molar-refractivity contribution in [1.29, 1.82) is 0 Å². The third-order valence-electron chi connectivity index (χ3n) is 4.17. The van der Waals surface area contributed by atoms with Crippen molar-refractivity contribution in [3.63, 3.8) is 0 Å². The van der Waals surface area contributed by atoms with Crippen molar-refractivity contribution in [3.05, 3.63) is 75.2 Å². The number of nitro groups is 1. The van der Waals surface area contributed by atoms with Gasteiger partial charge in [-0.15, -0.1) is 0 Å². The number of rotatable bonds is 5. The Morgan fingerprint density at radius 1 is 1.23 bits per heavy atom. The Kier molecular flexibility index (Phi) is 5.54. The summed E-state index contributed by atoms with van der Waals surface area (Å²) < 4.78 is 48.8. The van der Waals surface area contributed by atoms with Gasteiger partial charge in [-0.1, -0.05) is 29.4 Å². The maximum atomic E-state index is 12.9. The minimum absolute atomic E-state index is 0.0629. The molecule has 0 aliphatic carbocycles. The van der Waals surface area contributed by atoms with E-state index in [2.05, 4.69) is 10.1 Å². The highest BCUT2D eigenvalue weighted by Gasteiger charge is 2.31. The zero-order chi connectivity index (χ0) is 22.1. The number of hydrogen-bond donors (Lipinski definition) is 0. The van der Waals surface area contributed by atoms with Crippen molar-refractivity contribution < 1.29 is 32.1 Å². The number of nitro benzene ring substituents is 1. The molecule has 0 radical (unpaired) electrons. The van der Waals surface area contributed by atoms with E-state index in [1.165, 1.54) is 44.2 Å². The number of aromatic nitrogens is 2. The molecule has 1 unspecified atom stereocenters. The van der Waals surface area contributed by atoms with Gasteiger partial charge in [-0.25, -0.2) is 4.79 Å². The number of carbonyl (C=O) groups excluding carboxylic acids is 1. The topological polar surface area (TPSA) is 108 Å². The number of ether oxygens (including phenoxy) is 1. The Labute approximate surface area is 167 Å². The van der Waals surface area contributed by atoms with Crippen LogP contribution in [0.15, 0.2) is 47.0 Å². The lowest BCUT2D eigenvalue weighted by atomic mass is 10.1. The van der Waals surface area contributed by atoms with Crippen molar-refractivity contribution in [2.75, 3.05) is 0 Å². The normalized spacial score (nSPS) is 12.4. The average molecular weight is 421 g/mol. The molecule has 2 aromatic carbocycles. The van der Waals surface area contributed by atoms with Crippen LogP contribution in [0.1, 0.15) is 40.4 Å². The number of esters is 1. The molecule has 11 heteroatoms. The Hall–Kier alpha value is -3.76. The van der Waals surface area contributed by atoms with Crippen LogP contribution in [0, 0.1) is 17.0 Å². The van der Waals surface area contributed by atoms with Gasteiger partial charge in [0.1, 0.15) is 5.56 Å². The number of halogens is 3. The largest absolute Gasteiger partial charge is 0.449 e. The molecule has 156 valence electrons. The molecule has 0 amide bonds. The number of benzene rings is 2. The fourth-order valence-corrected chi connectivity index (χ4v) is 2.69. The minimum Gasteiger partial charge on any atom is -0.449 e. The van der Waals surface area contributed by atoms with Crippen LogP contribution in [0.25, 0.3) is 11.4 Å². The third-order valence-corrected chi connectivity index (χ3v) is 4.17. The molecule has 30 heavy (non-hydrogen) atoms. The first-order valence-corrected chi connectivity index (χ1v) is 8.54. The van der Waals surface area contributed by atoms with Crippen molar-refractivity contribution >= 4 is 11.7 Å². The maximum absolute atomic E-state index is 12.9. The lowest BCUT2D eigenvalue weighted by Crippen LogP contribution is -2.13. The summed E-state index contributed by atoms with van der Waals surface area (Å²) in [7, 11) is 0. The van der Waals surface area contributed by atoms with E-state index in [4.69, 9.17) is 9.26 Å². The van der Waals surface area contributed by atoms with E-state index < -0.39 is 34.4 Å². The molecule has 3 aromatic rings. The molecule has 0 aliphatic rings. The molecule has 0 aliphatic heterocycles. The Morgan fingerprint density at radius 3 is 2.60 bits per heavy atom. The highest BCUT2D eigenvalue weighted by atomic mass is 19.4. The van der Waals surface area contributed by atoms with E-state index in [9.17, 15) is 28.1 Å². The van der Waals surface area contributed by atoms with Crippen molar-refractivity contribution in [3.8, 4) is 11.4 Å². The van der Waals surface area contributed by atoms with Gasteiger partial charge in [0.2, 0.25) is 5.82 Å². The monoisotopic (exact) mass is 421 g/mol. The Balaban J connectivity index is 1.82. The molecule has 1 aromatic heterocycles. The van der Waals surface area contributed by atoms with Gasteiger partial charge in [-0.3, -0.25) is 10.1 Å². The van der Waals surface area contributed by atoms with E-state index in [1.54, 1.807) is 0 Å². The number of aryl methyl sites for hydroxylation is 1. The van der Waals surface area contributed by atoms with E-state index in [1.807, 2.05) is 0 Å². The van der Waals surface area contributed by atoms with Crippen LogP contribution in [0.5, 0.6) is 0 Å². The summed E-state index contributed by atoms with van der Waals surface area (Å²) in [5.41, 5.74) is -1.10. The molecular formula is C19H14F3N3O5. The van der Waals surface area contributed by atoms with Crippen LogP contribution in [0.3, 0.4) is 0 Å². The third kappa shape index (κ3) is 4.29. The summed E-state index contributed by atoms with van der Waals surface area (Å²) in [4.78, 5) is 26.9. The van der Waals surface area contributed by atoms with Gasteiger partial charge in [0.05, 0.1) is 10.5 Å². The van der Waals surface area contributed by atoms with Crippen LogP contribution in [0.4, 0.5) is 18.9 Å². The molecule has 0 saturated carbocycles. The second-order valence-corrected chi connectivity index (χ2v) is 6.31. The molecule has 1 atom stereocenters. The standard InChI is InChI=1S/C19H14F3N3O5/c1-10-5-3-8-14(25(27)28)15(10)18(26)29-11(2)17-23-16(24-30-17)12-6-4-7-13(9-12)19(20,21)22/h3-9,11H,1-2H3. The smallest absolute Gasteiger partial charge is 0.416 e. The predicted octanol–water partition coefficient (Wildman–Crippen LogP) is 4.89. The van der Waals surface area contributed by atoms with Crippen LogP contribution in [-0.2, 0) is 10.9 Å². The molecule has 1 heterocycles. The van der Waals surface area contributed by atoms with Gasteiger partial charge in [0, 0.05) is 11.6 Å². The van der Waals surface area contributed by atoms with Gasteiger partial charge < -0.3 is 9.26 Å². The lowest BCUT2D eigenvalue weighted by molar-refractivity contribution is -0.385. The summed E-state index contributed by atoms with van der Waals surface area (Å²) in [5, 5.41) is 14.8. The predicted molar refractivity (Wildman–Crippen MR) is 96.4 cm³/mol. The first-order chi connectivity index (χ1) is 14.1. The van der Waals surface area contributed by atoms with Gasteiger partial charge >= 0.3 is 12.1 Å². The Morgan fingerprint density at radius 2 is 1.93 bits per heavy atom. The molecule has 0 bridgehead atoms. The van der Waals surface area contributed by atoms with Crippen molar-refractivity contribution in [2.24, 2.45) is 0 Å². The molecular weight excluding hydrogens is 407 g/mol. The van der Waals surface area contributed by atoms with Gasteiger partial charge in [0.15, 0.2) is 6.10 Å². The molecule has 3 rings (SSSR count). The fraction of sp³-hybridized carbons (Fsp3) is 0.211. The number of alkyl halides is 3. The summed E-state index contributed by atoms with van der Waals surface area (Å²) in [6.07, 6.45) is -5.63. The van der Waals surface area contributed by atoms with Crippen molar-refractivity contribution in [1.82, 2.24) is 10.1 Å². The summed E-state index contributed by atoms with van der Waals surface area (Å²) in [5.74, 6) is -1.26. The van der Waals surface area contributed by atoms with Crippen LogP contribution < -0.4 is 0 Å². The quantitative estimate of drug-likeness (QED) is 0.328. The van der Waals surface area contributed by atoms with E-state index in [0.29, 0.717) is 5.56 Å². The fourth-order valence-electron chi connectivity index (χ4n) is 2.69. The number of nitrogens with zero attached hydrogens (tertiary/aromatic N) is 3. The van der Waals surface area contributed by atoms with Gasteiger partial charge in [0.25, 0.3) is 11.6 Å². The van der Waals surface area contributed by atoms with E-state index >= 15 is 0 Å².